The zero-order valence-electron chi connectivity index (χ0n) is 8.42. The van der Waals surface area contributed by atoms with Gasteiger partial charge in [-0.15, -0.1) is 0 Å². The van der Waals surface area contributed by atoms with Crippen LogP contribution in [0, 0.1) is 11.8 Å². The Morgan fingerprint density at radius 2 is 2.23 bits per heavy atom. The summed E-state index contributed by atoms with van der Waals surface area (Å²) in [6.45, 7) is 3.69. The normalized spacial score (nSPS) is 23.6. The molecule has 3 nitrogen and oxygen atoms in total. The number of carbonyl (C=O) groups is 1. The average molecular weight is 185 g/mol. The molecule has 3 heteroatoms. The maximum Gasteiger partial charge on any atom is 0.323 e. The third-order valence-corrected chi connectivity index (χ3v) is 2.69. The maximum atomic E-state index is 10.7. The first-order valence-corrected chi connectivity index (χ1v) is 4.94. The SMILES string of the molecule is CC(CC1CC1)CC(C)(N)C(=O)O. The molecule has 0 aromatic carbocycles. The highest BCUT2D eigenvalue weighted by Crippen LogP contribution is 2.36. The van der Waals surface area contributed by atoms with E-state index >= 15 is 0 Å². The van der Waals surface area contributed by atoms with Crippen LogP contribution in [-0.4, -0.2) is 16.6 Å². The van der Waals surface area contributed by atoms with E-state index in [9.17, 15) is 4.79 Å². The van der Waals surface area contributed by atoms with Crippen molar-refractivity contribution >= 4 is 5.97 Å². The first kappa shape index (κ1) is 10.5. The summed E-state index contributed by atoms with van der Waals surface area (Å²) in [5, 5.41) is 8.81. The third-order valence-electron chi connectivity index (χ3n) is 2.69. The van der Waals surface area contributed by atoms with Crippen LogP contribution in [0.5, 0.6) is 0 Å². The third kappa shape index (κ3) is 3.35. The van der Waals surface area contributed by atoms with Crippen LogP contribution >= 0.6 is 0 Å². The van der Waals surface area contributed by atoms with Gasteiger partial charge in [0, 0.05) is 0 Å². The topological polar surface area (TPSA) is 63.3 Å². The van der Waals surface area contributed by atoms with Crippen molar-refractivity contribution < 1.29 is 9.90 Å². The molecule has 0 amide bonds. The highest BCUT2D eigenvalue weighted by molar-refractivity contribution is 5.77. The molecule has 2 unspecified atom stereocenters. The second-order valence-corrected chi connectivity index (χ2v) is 4.71. The van der Waals surface area contributed by atoms with E-state index < -0.39 is 11.5 Å². The number of aliphatic carboxylic acids is 1. The molecule has 0 heterocycles. The minimum atomic E-state index is -1.05. The average Bonchev–Trinajstić information content (AvgIpc) is 2.69. The van der Waals surface area contributed by atoms with Crippen molar-refractivity contribution in [2.75, 3.05) is 0 Å². The molecule has 2 atom stereocenters. The summed E-state index contributed by atoms with van der Waals surface area (Å²) in [6, 6.07) is 0. The Bertz CT molecular complexity index is 197. The smallest absolute Gasteiger partial charge is 0.323 e. The van der Waals surface area contributed by atoms with Gasteiger partial charge in [-0.25, -0.2) is 0 Å². The van der Waals surface area contributed by atoms with E-state index in [0.717, 1.165) is 12.3 Å². The summed E-state index contributed by atoms with van der Waals surface area (Å²) in [6.07, 6.45) is 4.36. The van der Waals surface area contributed by atoms with Crippen molar-refractivity contribution in [1.82, 2.24) is 0 Å². The van der Waals surface area contributed by atoms with Crippen molar-refractivity contribution in [2.24, 2.45) is 17.6 Å². The van der Waals surface area contributed by atoms with Gasteiger partial charge in [0.2, 0.25) is 0 Å². The molecule has 1 fully saturated rings. The molecule has 1 rings (SSSR count). The molecule has 1 saturated carbocycles. The van der Waals surface area contributed by atoms with E-state index in [0.29, 0.717) is 12.3 Å². The van der Waals surface area contributed by atoms with Gasteiger partial charge < -0.3 is 10.8 Å². The largest absolute Gasteiger partial charge is 0.480 e. The standard InChI is InChI=1S/C10H19NO2/c1-7(5-8-3-4-8)6-10(2,11)9(12)13/h7-8H,3-6,11H2,1-2H3,(H,12,13). The van der Waals surface area contributed by atoms with E-state index in [1.54, 1.807) is 6.92 Å². The number of nitrogens with two attached hydrogens (primary N) is 1. The Balaban J connectivity index is 2.32. The van der Waals surface area contributed by atoms with Crippen LogP contribution in [0.4, 0.5) is 0 Å². The van der Waals surface area contributed by atoms with Gasteiger partial charge in [0.05, 0.1) is 0 Å². The minimum Gasteiger partial charge on any atom is -0.480 e. The Kier molecular flexibility index (Phi) is 2.96. The van der Waals surface area contributed by atoms with Crippen LogP contribution in [0.25, 0.3) is 0 Å². The molecule has 0 saturated heterocycles. The lowest BCUT2D eigenvalue weighted by Crippen LogP contribution is -2.46. The predicted octanol–water partition coefficient (Wildman–Crippen LogP) is 1.61. The lowest BCUT2D eigenvalue weighted by molar-refractivity contribution is -0.143. The van der Waals surface area contributed by atoms with E-state index in [2.05, 4.69) is 6.92 Å². The molecule has 0 aromatic heterocycles. The fourth-order valence-corrected chi connectivity index (χ4v) is 1.82. The van der Waals surface area contributed by atoms with Crippen molar-refractivity contribution in [3.05, 3.63) is 0 Å². The second kappa shape index (κ2) is 3.66. The summed E-state index contributed by atoms with van der Waals surface area (Å²) in [4.78, 5) is 10.7. The Morgan fingerprint density at radius 3 is 2.62 bits per heavy atom. The Morgan fingerprint density at radius 1 is 1.69 bits per heavy atom. The maximum absolute atomic E-state index is 10.7. The molecular weight excluding hydrogens is 166 g/mol. The molecule has 13 heavy (non-hydrogen) atoms. The van der Waals surface area contributed by atoms with E-state index in [4.69, 9.17) is 10.8 Å². The quantitative estimate of drug-likeness (QED) is 0.684. The molecule has 0 aliphatic heterocycles. The summed E-state index contributed by atoms with van der Waals surface area (Å²) in [7, 11) is 0. The molecule has 1 aliphatic rings. The second-order valence-electron chi connectivity index (χ2n) is 4.71. The molecule has 1 aliphatic carbocycles. The van der Waals surface area contributed by atoms with Crippen LogP contribution in [0.2, 0.25) is 0 Å². The van der Waals surface area contributed by atoms with Gasteiger partial charge in [0.15, 0.2) is 0 Å². The van der Waals surface area contributed by atoms with E-state index in [1.807, 2.05) is 0 Å². The summed E-state index contributed by atoms with van der Waals surface area (Å²) in [5.41, 5.74) is 4.61. The van der Waals surface area contributed by atoms with Crippen molar-refractivity contribution in [3.63, 3.8) is 0 Å². The highest BCUT2D eigenvalue weighted by atomic mass is 16.4. The molecule has 0 bridgehead atoms. The van der Waals surface area contributed by atoms with Gasteiger partial charge in [0.25, 0.3) is 0 Å². The molecule has 76 valence electrons. The lowest BCUT2D eigenvalue weighted by Gasteiger charge is -2.23. The van der Waals surface area contributed by atoms with Crippen LogP contribution in [0.1, 0.15) is 39.5 Å². The van der Waals surface area contributed by atoms with Crippen LogP contribution in [0.15, 0.2) is 0 Å². The van der Waals surface area contributed by atoms with Crippen LogP contribution < -0.4 is 5.73 Å². The lowest BCUT2D eigenvalue weighted by atomic mass is 9.88. The van der Waals surface area contributed by atoms with Gasteiger partial charge in [-0.3, -0.25) is 4.79 Å². The zero-order chi connectivity index (χ0) is 10.1. The molecule has 3 N–H and O–H groups in total. The predicted molar refractivity (Wildman–Crippen MR) is 51.4 cm³/mol. The summed E-state index contributed by atoms with van der Waals surface area (Å²) < 4.78 is 0. The van der Waals surface area contributed by atoms with Crippen molar-refractivity contribution in [1.29, 1.82) is 0 Å². The van der Waals surface area contributed by atoms with Crippen molar-refractivity contribution in [3.8, 4) is 0 Å². The first-order valence-electron chi connectivity index (χ1n) is 4.94. The number of carboxylic acid groups (broad SMARTS) is 1. The van der Waals surface area contributed by atoms with Gasteiger partial charge in [-0.2, -0.15) is 0 Å². The minimum absolute atomic E-state index is 0.429. The van der Waals surface area contributed by atoms with Crippen molar-refractivity contribution in [2.45, 2.75) is 45.1 Å². The fourth-order valence-electron chi connectivity index (χ4n) is 1.82. The van der Waals surface area contributed by atoms with Gasteiger partial charge in [-0.1, -0.05) is 19.8 Å². The van der Waals surface area contributed by atoms with Crippen LogP contribution in [-0.2, 0) is 4.79 Å². The Labute approximate surface area is 79.3 Å². The monoisotopic (exact) mass is 185 g/mol. The fraction of sp³-hybridized carbons (Fsp3) is 0.900. The number of carboxylic acids is 1. The summed E-state index contributed by atoms with van der Waals surface area (Å²) >= 11 is 0. The molecule has 0 spiro atoms. The first-order chi connectivity index (χ1) is 5.92. The van der Waals surface area contributed by atoms with E-state index in [-0.39, 0.29) is 0 Å². The molecular formula is C10H19NO2. The number of hydrogen-bond acceptors (Lipinski definition) is 2. The van der Waals surface area contributed by atoms with Crippen LogP contribution in [0.3, 0.4) is 0 Å². The van der Waals surface area contributed by atoms with Gasteiger partial charge in [0.1, 0.15) is 5.54 Å². The zero-order valence-corrected chi connectivity index (χ0v) is 8.42. The summed E-state index contributed by atoms with van der Waals surface area (Å²) in [5.74, 6) is 0.383. The molecule has 0 radical (unpaired) electrons. The van der Waals surface area contributed by atoms with E-state index in [1.165, 1.54) is 12.8 Å². The van der Waals surface area contributed by atoms with Gasteiger partial charge in [-0.05, 0) is 31.6 Å². The van der Waals surface area contributed by atoms with Gasteiger partial charge >= 0.3 is 5.97 Å². The number of hydrogen-bond donors (Lipinski definition) is 2. The number of rotatable bonds is 5. The molecule has 0 aromatic rings. The Hall–Kier alpha value is -0.570. The highest BCUT2D eigenvalue weighted by Gasteiger charge is 2.32.